The molecule has 0 aliphatic rings. The first-order chi connectivity index (χ1) is 6.02. The largest absolute Gasteiger partial charge is 0.391 e. The predicted molar refractivity (Wildman–Crippen MR) is 52.0 cm³/mol. The summed E-state index contributed by atoms with van der Waals surface area (Å²) in [6.07, 6.45) is 1.02. The van der Waals surface area contributed by atoms with Crippen LogP contribution in [0, 0.1) is 6.92 Å². The summed E-state index contributed by atoms with van der Waals surface area (Å²) in [5.74, 6) is 0.501. The quantitative estimate of drug-likeness (QED) is 0.614. The number of hydrogen-bond donors (Lipinski definition) is 3. The Morgan fingerprint density at radius 2 is 2.15 bits per heavy atom. The summed E-state index contributed by atoms with van der Waals surface area (Å²) < 4.78 is 0. The van der Waals surface area contributed by atoms with Crippen LogP contribution in [0.15, 0.2) is 12.3 Å². The minimum absolute atomic E-state index is 0.396. The number of pyridine rings is 1. The number of anilines is 1. The second kappa shape index (κ2) is 3.72. The number of rotatable bonds is 2. The lowest BCUT2D eigenvalue weighted by atomic mass is 10.0. The van der Waals surface area contributed by atoms with Gasteiger partial charge in [0, 0.05) is 6.20 Å². The van der Waals surface area contributed by atoms with Crippen molar-refractivity contribution in [3.05, 3.63) is 23.4 Å². The molecule has 0 saturated carbocycles. The number of nitrogens with zero attached hydrogens (tertiary/aromatic N) is 1. The third-order valence-corrected chi connectivity index (χ3v) is 2.04. The van der Waals surface area contributed by atoms with Gasteiger partial charge in [-0.2, -0.15) is 0 Å². The zero-order chi connectivity index (χ0) is 10.0. The van der Waals surface area contributed by atoms with Gasteiger partial charge in [0.05, 0.1) is 12.1 Å². The van der Waals surface area contributed by atoms with Gasteiger partial charge < -0.3 is 16.6 Å². The minimum atomic E-state index is -0.579. The fourth-order valence-corrected chi connectivity index (χ4v) is 1.07. The number of nitrogen functional groups attached to an aromatic ring is 1. The van der Waals surface area contributed by atoms with Gasteiger partial charge in [0.1, 0.15) is 5.82 Å². The van der Waals surface area contributed by atoms with Crippen LogP contribution in [-0.2, 0) is 0 Å². The molecule has 0 aromatic carbocycles. The highest BCUT2D eigenvalue weighted by Crippen LogP contribution is 2.16. The van der Waals surface area contributed by atoms with Crippen LogP contribution in [0.25, 0.3) is 0 Å². The van der Waals surface area contributed by atoms with Gasteiger partial charge in [0.2, 0.25) is 0 Å². The molecule has 0 amide bonds. The molecule has 0 unspecified atom stereocenters. The highest BCUT2D eigenvalue weighted by Gasteiger charge is 2.12. The average Bonchev–Trinajstić information content (AvgIpc) is 2.08. The third kappa shape index (κ3) is 2.17. The molecule has 13 heavy (non-hydrogen) atoms. The lowest BCUT2D eigenvalue weighted by molar-refractivity contribution is 0.164. The van der Waals surface area contributed by atoms with Crippen molar-refractivity contribution in [3.63, 3.8) is 0 Å². The van der Waals surface area contributed by atoms with E-state index in [9.17, 15) is 5.11 Å². The summed E-state index contributed by atoms with van der Waals surface area (Å²) in [5, 5.41) is 9.25. The molecule has 5 N–H and O–H groups in total. The van der Waals surface area contributed by atoms with Crippen molar-refractivity contribution < 1.29 is 5.11 Å². The Kier molecular flexibility index (Phi) is 2.85. The van der Waals surface area contributed by atoms with E-state index in [1.807, 2.05) is 13.0 Å². The summed E-state index contributed by atoms with van der Waals surface area (Å²) >= 11 is 0. The molecule has 2 atom stereocenters. The summed E-state index contributed by atoms with van der Waals surface area (Å²) in [7, 11) is 0. The van der Waals surface area contributed by atoms with Gasteiger partial charge in [-0.25, -0.2) is 4.98 Å². The van der Waals surface area contributed by atoms with Gasteiger partial charge in [-0.1, -0.05) is 0 Å². The molecule has 4 nitrogen and oxygen atoms in total. The molecule has 0 spiro atoms. The van der Waals surface area contributed by atoms with E-state index < -0.39 is 12.1 Å². The lowest BCUT2D eigenvalue weighted by Crippen LogP contribution is -2.23. The Morgan fingerprint density at radius 3 is 2.62 bits per heavy atom. The molecular formula is C9H15N3O. The van der Waals surface area contributed by atoms with Crippen molar-refractivity contribution in [2.24, 2.45) is 5.73 Å². The van der Waals surface area contributed by atoms with E-state index in [-0.39, 0.29) is 0 Å². The van der Waals surface area contributed by atoms with Crippen molar-refractivity contribution in [3.8, 4) is 0 Å². The van der Waals surface area contributed by atoms with Crippen LogP contribution in [0.1, 0.15) is 24.1 Å². The fourth-order valence-electron chi connectivity index (χ4n) is 1.07. The molecule has 1 aromatic heterocycles. The topological polar surface area (TPSA) is 85.2 Å². The predicted octanol–water partition coefficient (Wildman–Crippen LogP) is 0.353. The zero-order valence-corrected chi connectivity index (χ0v) is 7.86. The maximum Gasteiger partial charge on any atom is 0.126 e. The van der Waals surface area contributed by atoms with E-state index in [2.05, 4.69) is 4.98 Å². The van der Waals surface area contributed by atoms with Gasteiger partial charge >= 0.3 is 0 Å². The molecule has 72 valence electrons. The highest BCUT2D eigenvalue weighted by molar-refractivity contribution is 5.40. The van der Waals surface area contributed by atoms with Crippen LogP contribution in [0.2, 0.25) is 0 Å². The van der Waals surface area contributed by atoms with Gasteiger partial charge in [0.25, 0.3) is 0 Å². The van der Waals surface area contributed by atoms with E-state index in [1.165, 1.54) is 0 Å². The standard InChI is InChI=1S/C9H15N3O/c1-5-3-7(4-12-9(5)11)8(10)6(2)13/h3-4,6,8,13H,10H2,1-2H3,(H2,11,12)/t6-,8-/m1/s1. The molecule has 0 radical (unpaired) electrons. The zero-order valence-electron chi connectivity index (χ0n) is 7.86. The van der Waals surface area contributed by atoms with Crippen LogP contribution < -0.4 is 11.5 Å². The SMILES string of the molecule is Cc1cc([C@H](N)[C@@H](C)O)cnc1N. The number of aromatic nitrogens is 1. The Hall–Kier alpha value is -1.13. The first kappa shape index (κ1) is 9.95. The number of hydrogen-bond acceptors (Lipinski definition) is 4. The van der Waals surface area contributed by atoms with Crippen LogP contribution in [0.3, 0.4) is 0 Å². The maximum absolute atomic E-state index is 9.25. The Bertz CT molecular complexity index is 299. The second-order valence-corrected chi connectivity index (χ2v) is 3.24. The molecule has 0 aliphatic heterocycles. The van der Waals surface area contributed by atoms with E-state index >= 15 is 0 Å². The first-order valence-electron chi connectivity index (χ1n) is 4.18. The molecule has 1 rings (SSSR count). The van der Waals surface area contributed by atoms with Gasteiger partial charge in [-0.05, 0) is 31.0 Å². The molecule has 4 heteroatoms. The Labute approximate surface area is 77.6 Å². The molecule has 0 aliphatic carbocycles. The van der Waals surface area contributed by atoms with Gasteiger partial charge in [0.15, 0.2) is 0 Å². The fraction of sp³-hybridized carbons (Fsp3) is 0.444. The van der Waals surface area contributed by atoms with E-state index in [4.69, 9.17) is 11.5 Å². The summed E-state index contributed by atoms with van der Waals surface area (Å²) in [4.78, 5) is 3.97. The molecule has 0 saturated heterocycles. The van der Waals surface area contributed by atoms with E-state index in [1.54, 1.807) is 13.1 Å². The molecule has 0 bridgehead atoms. The molecular weight excluding hydrogens is 166 g/mol. The summed E-state index contributed by atoms with van der Waals surface area (Å²) in [6.45, 7) is 3.51. The van der Waals surface area contributed by atoms with Gasteiger partial charge in [-0.15, -0.1) is 0 Å². The first-order valence-corrected chi connectivity index (χ1v) is 4.18. The maximum atomic E-state index is 9.25. The minimum Gasteiger partial charge on any atom is -0.391 e. The Morgan fingerprint density at radius 1 is 1.54 bits per heavy atom. The normalized spacial score (nSPS) is 15.4. The van der Waals surface area contributed by atoms with Crippen LogP contribution in [-0.4, -0.2) is 16.2 Å². The summed E-state index contributed by atoms with van der Waals surface area (Å²) in [5.41, 5.74) is 13.0. The smallest absolute Gasteiger partial charge is 0.126 e. The lowest BCUT2D eigenvalue weighted by Gasteiger charge is -2.15. The summed E-state index contributed by atoms with van der Waals surface area (Å²) in [6, 6.07) is 1.45. The number of nitrogens with two attached hydrogens (primary N) is 2. The van der Waals surface area contributed by atoms with Gasteiger partial charge in [-0.3, -0.25) is 0 Å². The van der Waals surface area contributed by atoms with Crippen LogP contribution in [0.5, 0.6) is 0 Å². The number of aliphatic hydroxyl groups is 1. The van der Waals surface area contributed by atoms with Crippen molar-refractivity contribution >= 4 is 5.82 Å². The van der Waals surface area contributed by atoms with Crippen molar-refractivity contribution in [1.82, 2.24) is 4.98 Å². The van der Waals surface area contributed by atoms with Crippen LogP contribution in [0.4, 0.5) is 5.82 Å². The van der Waals surface area contributed by atoms with Crippen molar-refractivity contribution in [2.45, 2.75) is 26.0 Å². The van der Waals surface area contributed by atoms with Crippen molar-refractivity contribution in [2.75, 3.05) is 5.73 Å². The highest BCUT2D eigenvalue weighted by atomic mass is 16.3. The Balaban J connectivity index is 2.97. The average molecular weight is 181 g/mol. The molecule has 0 fully saturated rings. The van der Waals surface area contributed by atoms with E-state index in [0.717, 1.165) is 11.1 Å². The monoisotopic (exact) mass is 181 g/mol. The third-order valence-electron chi connectivity index (χ3n) is 2.04. The van der Waals surface area contributed by atoms with E-state index in [0.29, 0.717) is 5.82 Å². The second-order valence-electron chi connectivity index (χ2n) is 3.24. The molecule has 1 heterocycles. The number of aliphatic hydroxyl groups excluding tert-OH is 1. The van der Waals surface area contributed by atoms with Crippen LogP contribution >= 0.6 is 0 Å². The number of aryl methyl sites for hydroxylation is 1. The molecule has 1 aromatic rings. The van der Waals surface area contributed by atoms with Crippen molar-refractivity contribution in [1.29, 1.82) is 0 Å².